The largest absolute Gasteiger partial charge is 0.394 e. The van der Waals surface area contributed by atoms with Crippen molar-refractivity contribution >= 4 is 12.2 Å². The van der Waals surface area contributed by atoms with E-state index in [1.165, 1.54) is 6.92 Å². The van der Waals surface area contributed by atoms with E-state index in [1.54, 1.807) is 0 Å². The first-order valence-corrected chi connectivity index (χ1v) is 11.2. The molecule has 2 heterocycles. The van der Waals surface area contributed by atoms with Gasteiger partial charge in [0.25, 0.3) is 0 Å². The van der Waals surface area contributed by atoms with Crippen molar-refractivity contribution in [3.8, 4) is 0 Å². The maximum absolute atomic E-state index is 11.9. The van der Waals surface area contributed by atoms with Crippen molar-refractivity contribution in [1.29, 1.82) is 0 Å². The minimum absolute atomic E-state index is 0.184. The predicted molar refractivity (Wildman–Crippen MR) is 113 cm³/mol. The zero-order chi connectivity index (χ0) is 27.3. The van der Waals surface area contributed by atoms with Crippen LogP contribution in [0.15, 0.2) is 0 Å². The van der Waals surface area contributed by atoms with Crippen molar-refractivity contribution in [2.24, 2.45) is 0 Å². The highest BCUT2D eigenvalue weighted by Crippen LogP contribution is 2.28. The van der Waals surface area contributed by atoms with Crippen molar-refractivity contribution in [2.75, 3.05) is 13.2 Å². The van der Waals surface area contributed by atoms with Crippen molar-refractivity contribution < 1.29 is 74.5 Å². The van der Waals surface area contributed by atoms with Gasteiger partial charge in [0.05, 0.1) is 19.3 Å². The molecule has 0 aromatic heterocycles. The van der Waals surface area contributed by atoms with Crippen molar-refractivity contribution in [1.82, 2.24) is 5.32 Å². The summed E-state index contributed by atoms with van der Waals surface area (Å²) < 4.78 is 21.8. The van der Waals surface area contributed by atoms with Gasteiger partial charge in [-0.2, -0.15) is 0 Å². The molecule has 2 rings (SSSR count). The summed E-state index contributed by atoms with van der Waals surface area (Å²) in [5.74, 6) is -0.736. The number of hydrogen-bond donors (Lipinski definition) is 10. The van der Waals surface area contributed by atoms with Gasteiger partial charge < -0.3 is 75.0 Å². The Morgan fingerprint density at radius 2 is 1.42 bits per heavy atom. The van der Waals surface area contributed by atoms with E-state index in [1.807, 2.05) is 0 Å². The van der Waals surface area contributed by atoms with Crippen LogP contribution in [0.5, 0.6) is 0 Å². The highest BCUT2D eigenvalue weighted by molar-refractivity contribution is 5.77. The number of nitrogens with one attached hydrogen (secondary N) is 1. The summed E-state index contributed by atoms with van der Waals surface area (Å²) in [7, 11) is 0. The average molecular weight is 529 g/mol. The smallest absolute Gasteiger partial charge is 0.217 e. The summed E-state index contributed by atoms with van der Waals surface area (Å²) in [5.41, 5.74) is 0. The molecule has 0 radical (unpaired) electrons. The maximum Gasteiger partial charge on any atom is 0.217 e. The number of amides is 1. The number of carbonyl (C=O) groups is 2. The monoisotopic (exact) mass is 529 g/mol. The van der Waals surface area contributed by atoms with Crippen LogP contribution in [0.1, 0.15) is 13.8 Å². The molecule has 2 saturated heterocycles. The minimum atomic E-state index is -1.94. The molecule has 2 fully saturated rings. The lowest BCUT2D eigenvalue weighted by Gasteiger charge is -2.45. The van der Waals surface area contributed by atoms with Gasteiger partial charge in [0.2, 0.25) is 5.91 Å². The molecular formula is C20H35NO15. The molecule has 0 aliphatic carbocycles. The van der Waals surface area contributed by atoms with Crippen molar-refractivity contribution in [3.05, 3.63) is 0 Å². The number of aliphatic hydroxyl groups is 9. The van der Waals surface area contributed by atoms with E-state index < -0.39 is 105 Å². The van der Waals surface area contributed by atoms with Crippen LogP contribution in [-0.2, 0) is 28.5 Å². The number of ether oxygens (including phenoxy) is 4. The topological polar surface area (TPSA) is 265 Å². The average Bonchev–Trinajstić information content (AvgIpc) is 2.85. The van der Waals surface area contributed by atoms with Crippen LogP contribution in [0, 0.1) is 0 Å². The summed E-state index contributed by atoms with van der Waals surface area (Å²) in [6, 6.07) is -1.63. The molecule has 0 saturated carbocycles. The number of aldehydes is 1. The molecule has 2 aliphatic rings. The third kappa shape index (κ3) is 6.93. The number of aliphatic hydroxyl groups excluding tert-OH is 9. The second-order valence-corrected chi connectivity index (χ2v) is 8.69. The Hall–Kier alpha value is -1.38. The fraction of sp³-hybridized carbons (Fsp3) is 0.900. The first-order chi connectivity index (χ1) is 16.9. The molecule has 2 aliphatic heterocycles. The molecule has 10 N–H and O–H groups in total. The van der Waals surface area contributed by atoms with Crippen molar-refractivity contribution in [3.63, 3.8) is 0 Å². The SMILES string of the molecule is CC(=O)N[C@H](C=O)[C@H](O[C@@H]1O[C@H](C)[C@H](O)[C@H](O)[C@@H]1O)[C@@H](O[C@H]1O[C@@H](CO)[C@H](O)[C@@H](O)[C@@H]1O)[C@H](O)CO. The zero-order valence-corrected chi connectivity index (χ0v) is 19.5. The fourth-order valence-electron chi connectivity index (χ4n) is 3.90. The summed E-state index contributed by atoms with van der Waals surface area (Å²) >= 11 is 0. The lowest BCUT2D eigenvalue weighted by Crippen LogP contribution is -2.64. The van der Waals surface area contributed by atoms with Crippen LogP contribution in [0.25, 0.3) is 0 Å². The van der Waals surface area contributed by atoms with Crippen molar-refractivity contribution in [2.45, 2.75) is 99.6 Å². The van der Waals surface area contributed by atoms with E-state index in [-0.39, 0.29) is 6.29 Å². The standard InChI is InChI=1S/C20H35NO15/c1-6-11(27)13(29)15(31)19(33-6)35-17(8(3-22)21-7(2)25)18(9(26)4-23)36-20-16(32)14(30)12(28)10(5-24)34-20/h3,6,8-20,23-24,26-32H,4-5H2,1-2H3,(H,21,25)/t6-,8-,9-,10+,11+,12+,13+,14-,15+,16+,17+,18+,19+,20-/m1/s1. The molecule has 1 amide bonds. The first-order valence-electron chi connectivity index (χ1n) is 11.2. The molecular weight excluding hydrogens is 494 g/mol. The van der Waals surface area contributed by atoms with E-state index in [2.05, 4.69) is 5.32 Å². The summed E-state index contributed by atoms with van der Waals surface area (Å²) in [6.07, 6.45) is -22.1. The second-order valence-electron chi connectivity index (χ2n) is 8.69. The first kappa shape index (κ1) is 30.8. The number of rotatable bonds is 11. The third-order valence-corrected chi connectivity index (χ3v) is 6.00. The molecule has 0 aromatic rings. The molecule has 0 unspecified atom stereocenters. The molecule has 0 spiro atoms. The normalized spacial score (nSPS) is 40.6. The summed E-state index contributed by atoms with van der Waals surface area (Å²) in [5, 5.41) is 92.4. The molecule has 0 bridgehead atoms. The predicted octanol–water partition coefficient (Wildman–Crippen LogP) is -6.56. The van der Waals surface area contributed by atoms with Gasteiger partial charge in [0, 0.05) is 6.92 Å². The van der Waals surface area contributed by atoms with Gasteiger partial charge >= 0.3 is 0 Å². The van der Waals surface area contributed by atoms with Crippen LogP contribution in [0.2, 0.25) is 0 Å². The Morgan fingerprint density at radius 1 is 0.889 bits per heavy atom. The third-order valence-electron chi connectivity index (χ3n) is 6.00. The van der Waals surface area contributed by atoms with Crippen LogP contribution in [0.3, 0.4) is 0 Å². The lowest BCUT2D eigenvalue weighted by molar-refractivity contribution is -0.346. The van der Waals surface area contributed by atoms with E-state index in [0.29, 0.717) is 0 Å². The highest BCUT2D eigenvalue weighted by Gasteiger charge is 2.50. The van der Waals surface area contributed by atoms with Gasteiger partial charge in [-0.25, -0.2) is 0 Å². The van der Waals surface area contributed by atoms with E-state index in [9.17, 15) is 55.5 Å². The quantitative estimate of drug-likeness (QED) is 0.111. The Morgan fingerprint density at radius 3 is 1.92 bits per heavy atom. The molecule has 14 atom stereocenters. The molecule has 16 nitrogen and oxygen atoms in total. The van der Waals surface area contributed by atoms with E-state index in [4.69, 9.17) is 18.9 Å². The Balaban J connectivity index is 2.42. The van der Waals surface area contributed by atoms with Gasteiger partial charge in [0.15, 0.2) is 12.6 Å². The Kier molecular flexibility index (Phi) is 11.5. The van der Waals surface area contributed by atoms with Gasteiger partial charge in [-0.15, -0.1) is 0 Å². The highest BCUT2D eigenvalue weighted by atomic mass is 16.7. The lowest BCUT2D eigenvalue weighted by atomic mass is 9.97. The Bertz CT molecular complexity index is 713. The Labute approximate surface area is 205 Å². The second kappa shape index (κ2) is 13.4. The summed E-state index contributed by atoms with van der Waals surface area (Å²) in [4.78, 5) is 23.6. The van der Waals surface area contributed by atoms with Crippen LogP contribution in [0.4, 0.5) is 0 Å². The fourth-order valence-corrected chi connectivity index (χ4v) is 3.90. The van der Waals surface area contributed by atoms with Crippen LogP contribution < -0.4 is 5.32 Å². The minimum Gasteiger partial charge on any atom is -0.394 e. The molecule has 36 heavy (non-hydrogen) atoms. The van der Waals surface area contributed by atoms with E-state index in [0.717, 1.165) is 6.92 Å². The molecule has 0 aromatic carbocycles. The summed E-state index contributed by atoms with van der Waals surface area (Å²) in [6.45, 7) is 0.582. The van der Waals surface area contributed by atoms with Crippen LogP contribution in [-0.4, -0.2) is 157 Å². The van der Waals surface area contributed by atoms with Crippen LogP contribution >= 0.6 is 0 Å². The number of carbonyl (C=O) groups excluding carboxylic acids is 2. The maximum atomic E-state index is 11.9. The van der Waals surface area contributed by atoms with Gasteiger partial charge in [-0.05, 0) is 6.92 Å². The van der Waals surface area contributed by atoms with Gasteiger partial charge in [0.1, 0.15) is 73.4 Å². The van der Waals surface area contributed by atoms with Gasteiger partial charge in [-0.3, -0.25) is 4.79 Å². The van der Waals surface area contributed by atoms with Gasteiger partial charge in [-0.1, -0.05) is 0 Å². The van der Waals surface area contributed by atoms with E-state index >= 15 is 0 Å². The number of hydrogen-bond acceptors (Lipinski definition) is 15. The zero-order valence-electron chi connectivity index (χ0n) is 19.5. The molecule has 210 valence electrons. The molecule has 16 heteroatoms.